The third kappa shape index (κ3) is 4.33. The van der Waals surface area contributed by atoms with Gasteiger partial charge in [0.1, 0.15) is 4.99 Å². The number of rotatable bonds is 4. The quantitative estimate of drug-likeness (QED) is 0.721. The van der Waals surface area contributed by atoms with Gasteiger partial charge in [-0.05, 0) is 58.8 Å². The van der Waals surface area contributed by atoms with Crippen LogP contribution in [0.4, 0.5) is 0 Å². The van der Waals surface area contributed by atoms with Crippen molar-refractivity contribution in [1.29, 1.82) is 0 Å². The molecule has 132 valence electrons. The fraction of sp³-hybridized carbons (Fsp3) is 0.350. The van der Waals surface area contributed by atoms with E-state index >= 15 is 0 Å². The van der Waals surface area contributed by atoms with Gasteiger partial charge < -0.3 is 14.7 Å². The number of ether oxygens (including phenoxy) is 1. The molecule has 5 heteroatoms. The largest absolute Gasteiger partial charge is 0.503 e. The molecular formula is C20H22BrNO2S. The Labute approximate surface area is 162 Å². The van der Waals surface area contributed by atoms with Crippen LogP contribution in [0, 0.1) is 5.92 Å². The number of nitrogens with zero attached hydrogens (tertiary/aromatic N) is 1. The topological polar surface area (TPSA) is 32.7 Å². The molecule has 1 heterocycles. The monoisotopic (exact) mass is 419 g/mol. The highest BCUT2D eigenvalue weighted by molar-refractivity contribution is 9.10. The van der Waals surface area contributed by atoms with Crippen LogP contribution in [0.25, 0.3) is 0 Å². The van der Waals surface area contributed by atoms with Gasteiger partial charge >= 0.3 is 0 Å². The number of halogens is 1. The predicted octanol–water partition coefficient (Wildman–Crippen LogP) is 4.79. The molecule has 3 rings (SSSR count). The van der Waals surface area contributed by atoms with Crippen LogP contribution in [0.3, 0.4) is 0 Å². The predicted molar refractivity (Wildman–Crippen MR) is 109 cm³/mol. The molecule has 2 aromatic rings. The third-order valence-electron chi connectivity index (χ3n) is 4.76. The van der Waals surface area contributed by atoms with Crippen LogP contribution in [0.2, 0.25) is 0 Å². The molecule has 0 atom stereocenters. The molecule has 0 aliphatic carbocycles. The lowest BCUT2D eigenvalue weighted by molar-refractivity contribution is 0.268. The van der Waals surface area contributed by atoms with E-state index in [2.05, 4.69) is 51.2 Å². The van der Waals surface area contributed by atoms with Gasteiger partial charge in [-0.1, -0.05) is 42.5 Å². The summed E-state index contributed by atoms with van der Waals surface area (Å²) < 4.78 is 5.83. The van der Waals surface area contributed by atoms with E-state index in [1.54, 1.807) is 13.2 Å². The summed E-state index contributed by atoms with van der Waals surface area (Å²) in [7, 11) is 1.55. The van der Waals surface area contributed by atoms with Gasteiger partial charge in [0.05, 0.1) is 11.6 Å². The minimum atomic E-state index is 0.107. The lowest BCUT2D eigenvalue weighted by atomic mass is 9.90. The molecule has 0 radical (unpaired) electrons. The third-order valence-corrected chi connectivity index (χ3v) is 5.86. The average Bonchev–Trinajstić information content (AvgIpc) is 2.65. The van der Waals surface area contributed by atoms with Crippen LogP contribution < -0.4 is 4.74 Å². The van der Waals surface area contributed by atoms with Crippen LogP contribution >= 0.6 is 28.1 Å². The molecule has 0 spiro atoms. The number of methoxy groups -OCH3 is 1. The molecule has 0 bridgehead atoms. The Morgan fingerprint density at radius 1 is 1.24 bits per heavy atom. The van der Waals surface area contributed by atoms with Gasteiger partial charge in [0.25, 0.3) is 0 Å². The Morgan fingerprint density at radius 2 is 1.92 bits per heavy atom. The second-order valence-electron chi connectivity index (χ2n) is 6.43. The zero-order chi connectivity index (χ0) is 17.8. The number of aromatic hydroxyl groups is 1. The van der Waals surface area contributed by atoms with Crippen molar-refractivity contribution in [1.82, 2.24) is 4.90 Å². The SMILES string of the molecule is COc1cc(C(=S)N2CCC(Cc3ccccc3)CC2)cc(Br)c1O. The first-order chi connectivity index (χ1) is 12.1. The summed E-state index contributed by atoms with van der Waals surface area (Å²) >= 11 is 9.06. The number of thiocarbonyl (C=S) groups is 1. The van der Waals surface area contributed by atoms with Crippen LogP contribution in [-0.2, 0) is 6.42 Å². The molecule has 25 heavy (non-hydrogen) atoms. The van der Waals surface area contributed by atoms with Gasteiger partial charge in [-0.25, -0.2) is 0 Å². The highest BCUT2D eigenvalue weighted by Gasteiger charge is 2.23. The minimum Gasteiger partial charge on any atom is -0.503 e. The summed E-state index contributed by atoms with van der Waals surface area (Å²) in [6.45, 7) is 1.94. The lowest BCUT2D eigenvalue weighted by Gasteiger charge is -2.34. The van der Waals surface area contributed by atoms with Crippen molar-refractivity contribution < 1.29 is 9.84 Å². The highest BCUT2D eigenvalue weighted by atomic mass is 79.9. The van der Waals surface area contributed by atoms with Crippen molar-refractivity contribution in [3.05, 3.63) is 58.1 Å². The summed E-state index contributed by atoms with van der Waals surface area (Å²) in [5.74, 6) is 1.25. The van der Waals surface area contributed by atoms with Gasteiger partial charge in [0.15, 0.2) is 11.5 Å². The number of phenols is 1. The fourth-order valence-corrected chi connectivity index (χ4v) is 4.07. The molecule has 1 aliphatic rings. The van der Waals surface area contributed by atoms with Crippen molar-refractivity contribution >= 4 is 33.1 Å². The number of piperidine rings is 1. The number of hydrogen-bond acceptors (Lipinski definition) is 3. The summed E-state index contributed by atoms with van der Waals surface area (Å²) in [5.41, 5.74) is 2.31. The Balaban J connectivity index is 1.63. The first-order valence-electron chi connectivity index (χ1n) is 8.48. The van der Waals surface area contributed by atoms with Gasteiger partial charge in [0, 0.05) is 18.7 Å². The first-order valence-corrected chi connectivity index (χ1v) is 9.68. The van der Waals surface area contributed by atoms with E-state index in [4.69, 9.17) is 17.0 Å². The lowest BCUT2D eigenvalue weighted by Crippen LogP contribution is -2.38. The van der Waals surface area contributed by atoms with Crippen LogP contribution in [-0.4, -0.2) is 35.2 Å². The van der Waals surface area contributed by atoms with E-state index in [-0.39, 0.29) is 5.75 Å². The molecule has 2 aromatic carbocycles. The van der Waals surface area contributed by atoms with Crippen molar-refractivity contribution in [3.63, 3.8) is 0 Å². The number of likely N-dealkylation sites (tertiary alicyclic amines) is 1. The van der Waals surface area contributed by atoms with Gasteiger partial charge in [-0.3, -0.25) is 0 Å². The maximum Gasteiger partial charge on any atom is 0.172 e. The van der Waals surface area contributed by atoms with E-state index in [9.17, 15) is 5.11 Å². The molecule has 1 saturated heterocycles. The highest BCUT2D eigenvalue weighted by Crippen LogP contribution is 2.36. The molecular weight excluding hydrogens is 398 g/mol. The average molecular weight is 420 g/mol. The van der Waals surface area contributed by atoms with Crippen molar-refractivity contribution in [3.8, 4) is 11.5 Å². The van der Waals surface area contributed by atoms with Crippen LogP contribution in [0.15, 0.2) is 46.9 Å². The molecule has 1 N–H and O–H groups in total. The normalized spacial score (nSPS) is 15.2. The number of phenolic OH excluding ortho intramolecular Hbond substituents is 1. The van der Waals surface area contributed by atoms with Crippen molar-refractivity contribution in [2.24, 2.45) is 5.92 Å². The second kappa shape index (κ2) is 8.19. The van der Waals surface area contributed by atoms with Crippen LogP contribution in [0.1, 0.15) is 24.0 Å². The molecule has 1 fully saturated rings. The van der Waals surface area contributed by atoms with E-state index in [1.807, 2.05) is 6.07 Å². The van der Waals surface area contributed by atoms with E-state index < -0.39 is 0 Å². The molecule has 3 nitrogen and oxygen atoms in total. The van der Waals surface area contributed by atoms with Crippen LogP contribution in [0.5, 0.6) is 11.5 Å². The smallest absolute Gasteiger partial charge is 0.172 e. The summed E-state index contributed by atoms with van der Waals surface area (Å²) in [6.07, 6.45) is 3.43. The first kappa shape index (κ1) is 18.2. The molecule has 0 amide bonds. The van der Waals surface area contributed by atoms with Gasteiger partial charge in [0.2, 0.25) is 0 Å². The Morgan fingerprint density at radius 3 is 2.56 bits per heavy atom. The van der Waals surface area contributed by atoms with E-state index in [0.717, 1.165) is 42.9 Å². The number of hydrogen-bond donors (Lipinski definition) is 1. The maximum atomic E-state index is 9.96. The molecule has 0 unspecified atom stereocenters. The maximum absolute atomic E-state index is 9.96. The fourth-order valence-electron chi connectivity index (χ4n) is 3.32. The zero-order valence-corrected chi connectivity index (χ0v) is 16.6. The standard InChI is InChI=1S/C20H22BrNO2S/c1-24-18-13-16(12-17(21)19(18)23)20(25)22-9-7-15(8-10-22)11-14-5-3-2-4-6-14/h2-6,12-13,15,23H,7-11H2,1H3. The Bertz CT molecular complexity index is 743. The van der Waals surface area contributed by atoms with Gasteiger partial charge in [-0.2, -0.15) is 0 Å². The Hall–Kier alpha value is -1.59. The van der Waals surface area contributed by atoms with E-state index in [1.165, 1.54) is 5.56 Å². The zero-order valence-electron chi connectivity index (χ0n) is 14.2. The second-order valence-corrected chi connectivity index (χ2v) is 7.68. The minimum absolute atomic E-state index is 0.107. The molecule has 0 aromatic heterocycles. The van der Waals surface area contributed by atoms with Crippen molar-refractivity contribution in [2.45, 2.75) is 19.3 Å². The number of benzene rings is 2. The molecule has 0 saturated carbocycles. The van der Waals surface area contributed by atoms with Crippen molar-refractivity contribution in [2.75, 3.05) is 20.2 Å². The molecule has 1 aliphatic heterocycles. The Kier molecular flexibility index (Phi) is 5.97. The van der Waals surface area contributed by atoms with Gasteiger partial charge in [-0.15, -0.1) is 0 Å². The summed E-state index contributed by atoms with van der Waals surface area (Å²) in [5, 5.41) is 9.96. The summed E-state index contributed by atoms with van der Waals surface area (Å²) in [4.78, 5) is 3.08. The summed E-state index contributed by atoms with van der Waals surface area (Å²) in [6, 6.07) is 14.4. The van der Waals surface area contributed by atoms with E-state index in [0.29, 0.717) is 16.1 Å².